The lowest BCUT2D eigenvalue weighted by Gasteiger charge is -2.10. The lowest BCUT2D eigenvalue weighted by atomic mass is 10.2. The van der Waals surface area contributed by atoms with Crippen molar-refractivity contribution in [3.8, 4) is 0 Å². The van der Waals surface area contributed by atoms with Crippen molar-refractivity contribution >= 4 is 0 Å². The predicted octanol–water partition coefficient (Wildman–Crippen LogP) is 1.88. The maximum Gasteiger partial charge on any atom is 0.106 e. The molecule has 0 aliphatic heterocycles. The van der Waals surface area contributed by atoms with Crippen LogP contribution in [0, 0.1) is 6.92 Å². The van der Waals surface area contributed by atoms with Crippen molar-refractivity contribution in [3.05, 3.63) is 29.9 Å². The molecule has 0 atom stereocenters. The fourth-order valence-electron chi connectivity index (χ4n) is 1.39. The molecule has 14 heavy (non-hydrogen) atoms. The minimum Gasteiger partial charge on any atom is -0.327 e. The lowest BCUT2D eigenvalue weighted by Crippen LogP contribution is -2.13. The average Bonchev–Trinajstić information content (AvgIpc) is 2.50. The van der Waals surface area contributed by atoms with E-state index < -0.39 is 0 Å². The molecule has 0 bridgehead atoms. The molecule has 3 heteroatoms. The Balaban J connectivity index is 2.82. The van der Waals surface area contributed by atoms with Gasteiger partial charge in [-0.3, -0.25) is 0 Å². The van der Waals surface area contributed by atoms with E-state index in [1.807, 2.05) is 20.2 Å². The van der Waals surface area contributed by atoms with Crippen LogP contribution in [0.25, 0.3) is 0 Å². The van der Waals surface area contributed by atoms with Gasteiger partial charge in [-0.15, -0.1) is 0 Å². The zero-order valence-corrected chi connectivity index (χ0v) is 9.30. The molecule has 0 amide bonds. The standard InChI is InChI=1S/C11H19N3/c1-5-9(2)8-14-10(3)13-7-11(14)6-12-4/h7,12H,2,5-6,8H2,1,3-4H3. The van der Waals surface area contributed by atoms with Gasteiger partial charge in [0.25, 0.3) is 0 Å². The Labute approximate surface area is 85.8 Å². The highest BCUT2D eigenvalue weighted by Gasteiger charge is 2.05. The number of imidazole rings is 1. The molecule has 0 radical (unpaired) electrons. The molecule has 0 aromatic carbocycles. The van der Waals surface area contributed by atoms with Crippen LogP contribution < -0.4 is 5.32 Å². The van der Waals surface area contributed by atoms with Crippen LogP contribution in [0.5, 0.6) is 0 Å². The molecule has 0 unspecified atom stereocenters. The summed E-state index contributed by atoms with van der Waals surface area (Å²) in [6.45, 7) is 9.93. The van der Waals surface area contributed by atoms with E-state index in [1.54, 1.807) is 0 Å². The molecule has 1 aromatic heterocycles. The molecule has 0 fully saturated rings. The lowest BCUT2D eigenvalue weighted by molar-refractivity contribution is 0.661. The maximum atomic E-state index is 4.30. The molecule has 1 rings (SSSR count). The van der Waals surface area contributed by atoms with Gasteiger partial charge in [0.1, 0.15) is 5.82 Å². The minimum atomic E-state index is 0.859. The summed E-state index contributed by atoms with van der Waals surface area (Å²) in [4.78, 5) is 4.30. The number of hydrogen-bond donors (Lipinski definition) is 1. The van der Waals surface area contributed by atoms with Gasteiger partial charge < -0.3 is 9.88 Å². The smallest absolute Gasteiger partial charge is 0.106 e. The van der Waals surface area contributed by atoms with Crippen LogP contribution in [0.4, 0.5) is 0 Å². The first-order valence-electron chi connectivity index (χ1n) is 5.01. The largest absolute Gasteiger partial charge is 0.327 e. The molecule has 0 saturated heterocycles. The van der Waals surface area contributed by atoms with Gasteiger partial charge in [-0.25, -0.2) is 4.98 Å². The van der Waals surface area contributed by atoms with Crippen molar-refractivity contribution in [1.82, 2.24) is 14.9 Å². The van der Waals surface area contributed by atoms with Crippen molar-refractivity contribution in [3.63, 3.8) is 0 Å². The Bertz CT molecular complexity index is 312. The summed E-state index contributed by atoms with van der Waals surface area (Å²) in [5, 5.41) is 3.14. The molecule has 1 N–H and O–H groups in total. The minimum absolute atomic E-state index is 0.859. The van der Waals surface area contributed by atoms with E-state index in [4.69, 9.17) is 0 Å². The predicted molar refractivity (Wildman–Crippen MR) is 59.2 cm³/mol. The molecule has 3 nitrogen and oxygen atoms in total. The van der Waals surface area contributed by atoms with Crippen LogP contribution in [0.2, 0.25) is 0 Å². The van der Waals surface area contributed by atoms with E-state index >= 15 is 0 Å². The van der Waals surface area contributed by atoms with E-state index in [9.17, 15) is 0 Å². The monoisotopic (exact) mass is 193 g/mol. The zero-order valence-electron chi connectivity index (χ0n) is 9.30. The van der Waals surface area contributed by atoms with Crippen molar-refractivity contribution < 1.29 is 0 Å². The van der Waals surface area contributed by atoms with Crippen LogP contribution in [-0.4, -0.2) is 16.6 Å². The highest BCUT2D eigenvalue weighted by molar-refractivity contribution is 5.08. The fraction of sp³-hybridized carbons (Fsp3) is 0.545. The number of hydrogen-bond acceptors (Lipinski definition) is 2. The normalized spacial score (nSPS) is 10.5. The second-order valence-corrected chi connectivity index (χ2v) is 3.52. The molecular weight excluding hydrogens is 174 g/mol. The third-order valence-electron chi connectivity index (χ3n) is 2.38. The van der Waals surface area contributed by atoms with Crippen molar-refractivity contribution in [2.75, 3.05) is 7.05 Å². The molecular formula is C11H19N3. The Hall–Kier alpha value is -1.09. The van der Waals surface area contributed by atoms with Crippen molar-refractivity contribution in [1.29, 1.82) is 0 Å². The van der Waals surface area contributed by atoms with Crippen LogP contribution in [0.3, 0.4) is 0 Å². The molecule has 78 valence electrons. The van der Waals surface area contributed by atoms with Crippen LogP contribution >= 0.6 is 0 Å². The van der Waals surface area contributed by atoms with Crippen LogP contribution in [-0.2, 0) is 13.1 Å². The molecule has 0 saturated carbocycles. The van der Waals surface area contributed by atoms with Gasteiger partial charge in [0, 0.05) is 19.3 Å². The highest BCUT2D eigenvalue weighted by Crippen LogP contribution is 2.09. The third-order valence-corrected chi connectivity index (χ3v) is 2.38. The van der Waals surface area contributed by atoms with Crippen molar-refractivity contribution in [2.24, 2.45) is 0 Å². The quantitative estimate of drug-likeness (QED) is 0.724. The van der Waals surface area contributed by atoms with Crippen LogP contribution in [0.15, 0.2) is 18.3 Å². The number of allylic oxidation sites excluding steroid dienone is 1. The summed E-state index contributed by atoms with van der Waals surface area (Å²) >= 11 is 0. The van der Waals surface area contributed by atoms with Gasteiger partial charge in [-0.1, -0.05) is 19.1 Å². The number of nitrogens with zero attached hydrogens (tertiary/aromatic N) is 2. The van der Waals surface area contributed by atoms with Gasteiger partial charge in [0.05, 0.1) is 5.69 Å². The first-order valence-corrected chi connectivity index (χ1v) is 5.01. The summed E-state index contributed by atoms with van der Waals surface area (Å²) < 4.78 is 2.21. The maximum absolute atomic E-state index is 4.30. The zero-order chi connectivity index (χ0) is 10.6. The number of aromatic nitrogens is 2. The first-order chi connectivity index (χ1) is 6.69. The molecule has 0 spiro atoms. The summed E-state index contributed by atoms with van der Waals surface area (Å²) in [7, 11) is 1.95. The summed E-state index contributed by atoms with van der Waals surface area (Å²) in [5.74, 6) is 1.06. The van der Waals surface area contributed by atoms with Crippen LogP contribution in [0.1, 0.15) is 24.9 Å². The van der Waals surface area contributed by atoms with Gasteiger partial charge in [-0.2, -0.15) is 0 Å². The van der Waals surface area contributed by atoms with E-state index in [1.165, 1.54) is 11.3 Å². The van der Waals surface area contributed by atoms with Crippen molar-refractivity contribution in [2.45, 2.75) is 33.4 Å². The molecule has 1 aromatic rings. The number of rotatable bonds is 5. The molecule has 0 aliphatic carbocycles. The van der Waals surface area contributed by atoms with E-state index in [0.717, 1.165) is 25.3 Å². The Morgan fingerprint density at radius 2 is 2.36 bits per heavy atom. The molecule has 0 aliphatic rings. The first kappa shape index (κ1) is 11.0. The van der Waals surface area contributed by atoms with Gasteiger partial charge in [0.15, 0.2) is 0 Å². The third kappa shape index (κ3) is 2.45. The Morgan fingerprint density at radius 3 is 2.93 bits per heavy atom. The fourth-order valence-corrected chi connectivity index (χ4v) is 1.39. The number of aryl methyl sites for hydroxylation is 1. The average molecular weight is 193 g/mol. The summed E-state index contributed by atoms with van der Waals surface area (Å²) in [6, 6.07) is 0. The number of nitrogens with one attached hydrogen (secondary N) is 1. The second kappa shape index (κ2) is 4.96. The van der Waals surface area contributed by atoms with Gasteiger partial charge in [-0.05, 0) is 20.4 Å². The Kier molecular flexibility index (Phi) is 3.89. The second-order valence-electron chi connectivity index (χ2n) is 3.52. The molecule has 1 heterocycles. The summed E-state index contributed by atoms with van der Waals surface area (Å²) in [6.07, 6.45) is 2.95. The highest BCUT2D eigenvalue weighted by atomic mass is 15.1. The Morgan fingerprint density at radius 1 is 1.64 bits per heavy atom. The summed E-state index contributed by atoms with van der Waals surface area (Å²) in [5.41, 5.74) is 2.46. The topological polar surface area (TPSA) is 29.9 Å². The van der Waals surface area contributed by atoms with E-state index in [0.29, 0.717) is 0 Å². The van der Waals surface area contributed by atoms with E-state index in [-0.39, 0.29) is 0 Å². The van der Waals surface area contributed by atoms with Gasteiger partial charge >= 0.3 is 0 Å². The SMILES string of the molecule is C=C(CC)Cn1c(CNC)cnc1C. The van der Waals surface area contributed by atoms with E-state index in [2.05, 4.69) is 28.4 Å². The van der Waals surface area contributed by atoms with Gasteiger partial charge in [0.2, 0.25) is 0 Å².